The lowest BCUT2D eigenvalue weighted by Crippen LogP contribution is -2.54. The normalized spacial score (nSPS) is 18.4. The summed E-state index contributed by atoms with van der Waals surface area (Å²) in [7, 11) is 0. The van der Waals surface area contributed by atoms with Crippen molar-refractivity contribution < 1.29 is 19.5 Å². The Morgan fingerprint density at radius 3 is 2.70 bits per heavy atom. The van der Waals surface area contributed by atoms with Crippen LogP contribution in [0, 0.1) is 0 Å². The van der Waals surface area contributed by atoms with Gasteiger partial charge in [-0.3, -0.25) is 4.79 Å². The van der Waals surface area contributed by atoms with E-state index in [9.17, 15) is 14.4 Å². The molecule has 0 aromatic heterocycles. The lowest BCUT2D eigenvalue weighted by atomic mass is 10.3. The predicted octanol–water partition coefficient (Wildman–Crippen LogP) is 0.114. The van der Waals surface area contributed by atoms with Crippen molar-refractivity contribution in [1.29, 1.82) is 0 Å². The first-order valence-electron chi connectivity index (χ1n) is 6.68. The number of amides is 3. The fourth-order valence-electron chi connectivity index (χ4n) is 1.79. The molecule has 0 bridgehead atoms. The van der Waals surface area contributed by atoms with Crippen LogP contribution < -0.4 is 10.6 Å². The van der Waals surface area contributed by atoms with Gasteiger partial charge in [0, 0.05) is 37.6 Å². The third kappa shape index (κ3) is 5.28. The van der Waals surface area contributed by atoms with E-state index in [1.165, 1.54) is 16.7 Å². The third-order valence-corrected chi connectivity index (χ3v) is 3.90. The molecule has 1 atom stereocenters. The largest absolute Gasteiger partial charge is 0.480 e. The van der Waals surface area contributed by atoms with Crippen LogP contribution in [0.1, 0.15) is 19.8 Å². The third-order valence-electron chi connectivity index (χ3n) is 2.87. The highest BCUT2D eigenvalue weighted by Crippen LogP contribution is 2.16. The highest BCUT2D eigenvalue weighted by molar-refractivity contribution is 7.99. The molecule has 3 amide bonds. The van der Waals surface area contributed by atoms with Crippen molar-refractivity contribution in [1.82, 2.24) is 15.5 Å². The molecule has 0 spiro atoms. The number of rotatable bonds is 6. The van der Waals surface area contributed by atoms with Gasteiger partial charge < -0.3 is 20.6 Å². The Morgan fingerprint density at radius 1 is 1.30 bits per heavy atom. The number of nitrogens with one attached hydrogen (secondary N) is 2. The summed E-state index contributed by atoms with van der Waals surface area (Å²) in [6, 6.07) is -1.20. The molecular weight excluding hydrogens is 282 g/mol. The van der Waals surface area contributed by atoms with Crippen molar-refractivity contribution in [2.75, 3.05) is 31.1 Å². The minimum atomic E-state index is -0.993. The number of nitrogens with zero attached hydrogens (tertiary/aromatic N) is 1. The van der Waals surface area contributed by atoms with E-state index < -0.39 is 18.0 Å². The van der Waals surface area contributed by atoms with Crippen LogP contribution >= 0.6 is 11.8 Å². The molecule has 8 heteroatoms. The molecule has 1 aliphatic heterocycles. The summed E-state index contributed by atoms with van der Waals surface area (Å²) >= 11 is 1.52. The van der Waals surface area contributed by atoms with Gasteiger partial charge in [-0.25, -0.2) is 9.59 Å². The molecule has 0 radical (unpaired) electrons. The van der Waals surface area contributed by atoms with Crippen molar-refractivity contribution in [2.45, 2.75) is 25.8 Å². The van der Waals surface area contributed by atoms with E-state index >= 15 is 0 Å². The van der Waals surface area contributed by atoms with E-state index in [1.54, 1.807) is 0 Å². The number of thioether (sulfide) groups is 1. The number of carbonyl (C=O) groups is 3. The monoisotopic (exact) mass is 303 g/mol. The van der Waals surface area contributed by atoms with Gasteiger partial charge in [-0.05, 0) is 6.42 Å². The molecule has 0 saturated carbocycles. The van der Waals surface area contributed by atoms with Crippen LogP contribution in [0.2, 0.25) is 0 Å². The molecule has 1 fully saturated rings. The smallest absolute Gasteiger partial charge is 0.327 e. The molecule has 0 aromatic carbocycles. The molecule has 3 N–H and O–H groups in total. The van der Waals surface area contributed by atoms with Crippen LogP contribution in [-0.2, 0) is 9.59 Å². The fraction of sp³-hybridized carbons (Fsp3) is 0.750. The molecule has 20 heavy (non-hydrogen) atoms. The van der Waals surface area contributed by atoms with E-state index in [2.05, 4.69) is 10.6 Å². The van der Waals surface area contributed by atoms with Crippen molar-refractivity contribution >= 4 is 29.7 Å². The van der Waals surface area contributed by atoms with Gasteiger partial charge >= 0.3 is 12.0 Å². The van der Waals surface area contributed by atoms with Gasteiger partial charge in [0.2, 0.25) is 5.91 Å². The minimum Gasteiger partial charge on any atom is -0.480 e. The number of aliphatic carboxylic acids is 1. The highest BCUT2D eigenvalue weighted by Gasteiger charge is 2.32. The number of carboxylic acids is 1. The Bertz CT molecular complexity index is 365. The summed E-state index contributed by atoms with van der Waals surface area (Å²) < 4.78 is 0. The first kappa shape index (κ1) is 16.6. The lowest BCUT2D eigenvalue weighted by Gasteiger charge is -2.32. The average molecular weight is 303 g/mol. The summed E-state index contributed by atoms with van der Waals surface area (Å²) in [6.45, 7) is 3.21. The molecule has 7 nitrogen and oxygen atoms in total. The van der Waals surface area contributed by atoms with Crippen LogP contribution in [0.15, 0.2) is 0 Å². The zero-order chi connectivity index (χ0) is 15.0. The Labute approximate surface area is 122 Å². The molecule has 0 aliphatic carbocycles. The first-order chi connectivity index (χ1) is 9.56. The molecule has 1 unspecified atom stereocenters. The summed E-state index contributed by atoms with van der Waals surface area (Å²) in [5.74, 6) is 0.0256. The Kier molecular flexibility index (Phi) is 7.21. The van der Waals surface area contributed by atoms with E-state index in [-0.39, 0.29) is 18.9 Å². The van der Waals surface area contributed by atoms with Gasteiger partial charge in [-0.2, -0.15) is 11.8 Å². The maximum atomic E-state index is 11.9. The molecule has 1 rings (SSSR count). The van der Waals surface area contributed by atoms with Crippen molar-refractivity contribution in [3.63, 3.8) is 0 Å². The van der Waals surface area contributed by atoms with E-state index in [0.29, 0.717) is 18.8 Å². The van der Waals surface area contributed by atoms with Crippen molar-refractivity contribution in [3.05, 3.63) is 0 Å². The Balaban J connectivity index is 2.33. The lowest BCUT2D eigenvalue weighted by molar-refractivity contribution is -0.141. The van der Waals surface area contributed by atoms with Crippen LogP contribution in [0.25, 0.3) is 0 Å². The van der Waals surface area contributed by atoms with E-state index in [1.807, 2.05) is 6.92 Å². The average Bonchev–Trinajstić information content (AvgIpc) is 2.44. The topological polar surface area (TPSA) is 98.7 Å². The first-order valence-corrected chi connectivity index (χ1v) is 7.83. The van der Waals surface area contributed by atoms with Crippen LogP contribution in [-0.4, -0.2) is 65.1 Å². The maximum absolute atomic E-state index is 11.9. The van der Waals surface area contributed by atoms with Gasteiger partial charge in [-0.1, -0.05) is 6.92 Å². The van der Waals surface area contributed by atoms with Gasteiger partial charge in [0.1, 0.15) is 6.04 Å². The van der Waals surface area contributed by atoms with Gasteiger partial charge in [0.15, 0.2) is 0 Å². The maximum Gasteiger partial charge on any atom is 0.327 e. The summed E-state index contributed by atoms with van der Waals surface area (Å²) in [6.07, 6.45) is 1.07. The van der Waals surface area contributed by atoms with Crippen molar-refractivity contribution in [3.8, 4) is 0 Å². The Morgan fingerprint density at radius 2 is 2.05 bits per heavy atom. The van der Waals surface area contributed by atoms with E-state index in [4.69, 9.17) is 5.11 Å². The summed E-state index contributed by atoms with van der Waals surface area (Å²) in [5.41, 5.74) is 0. The predicted molar refractivity (Wildman–Crippen MR) is 76.8 cm³/mol. The second-order valence-electron chi connectivity index (χ2n) is 4.45. The van der Waals surface area contributed by atoms with Crippen LogP contribution in [0.3, 0.4) is 0 Å². The standard InChI is InChI=1S/C12H21N3O4S/c1-2-4-13-10(16)3-5-14-12(19)15-6-7-20-8-9(15)11(17)18/h9H,2-8H2,1H3,(H,13,16)(H,14,19)(H,17,18). The number of carbonyl (C=O) groups excluding carboxylic acids is 2. The second kappa shape index (κ2) is 8.68. The molecule has 1 heterocycles. The van der Waals surface area contributed by atoms with Gasteiger partial charge in [0.25, 0.3) is 0 Å². The molecule has 1 saturated heterocycles. The SMILES string of the molecule is CCCNC(=O)CCNC(=O)N1CCSCC1C(=O)O. The van der Waals surface area contributed by atoms with Gasteiger partial charge in [-0.15, -0.1) is 0 Å². The van der Waals surface area contributed by atoms with E-state index in [0.717, 1.165) is 12.2 Å². The quantitative estimate of drug-likeness (QED) is 0.647. The van der Waals surface area contributed by atoms with Crippen LogP contribution in [0.4, 0.5) is 4.79 Å². The molecule has 114 valence electrons. The number of hydrogen-bond donors (Lipinski definition) is 3. The molecule has 1 aliphatic rings. The van der Waals surface area contributed by atoms with Crippen LogP contribution in [0.5, 0.6) is 0 Å². The molecule has 0 aromatic rings. The zero-order valence-electron chi connectivity index (χ0n) is 11.6. The van der Waals surface area contributed by atoms with Gasteiger partial charge in [0.05, 0.1) is 0 Å². The number of urea groups is 1. The highest BCUT2D eigenvalue weighted by atomic mass is 32.2. The summed E-state index contributed by atoms with van der Waals surface area (Å²) in [4.78, 5) is 35.7. The zero-order valence-corrected chi connectivity index (χ0v) is 12.4. The fourth-order valence-corrected chi connectivity index (χ4v) is 2.83. The van der Waals surface area contributed by atoms with Crippen molar-refractivity contribution in [2.24, 2.45) is 0 Å². The Hall–Kier alpha value is -1.44. The number of hydrogen-bond acceptors (Lipinski definition) is 4. The molecular formula is C12H21N3O4S. The minimum absolute atomic E-state index is 0.115. The summed E-state index contributed by atoms with van der Waals surface area (Å²) in [5, 5.41) is 14.4. The second-order valence-corrected chi connectivity index (χ2v) is 5.60. The number of carboxylic acid groups (broad SMARTS) is 1.